The van der Waals surface area contributed by atoms with Crippen LogP contribution in [-0.4, -0.2) is 64.9 Å². The molecular weight excluding hydrogens is 362 g/mol. The highest BCUT2D eigenvalue weighted by atomic mass is 16.6. The lowest BCUT2D eigenvalue weighted by atomic mass is 10.2. The molecule has 7 nitrogen and oxygen atoms in total. The number of rotatable bonds is 15. The Kier molecular flexibility index (Phi) is 12.5. The van der Waals surface area contributed by atoms with Crippen molar-refractivity contribution in [1.29, 1.82) is 0 Å². The quantitative estimate of drug-likeness (QED) is 0.360. The topological polar surface area (TPSA) is 75.3 Å². The Morgan fingerprint density at radius 1 is 0.929 bits per heavy atom. The third kappa shape index (κ3) is 13.5. The standard InChI is InChI=1S/C21H35NO6/c1-21(2,3)28-20(23)8-9-24-10-11-25-12-13-26-14-15-27-19-7-5-6-18(16-19)17-22-4/h5-7,16,22H,8-15,17H2,1-4H3. The van der Waals surface area contributed by atoms with Crippen molar-refractivity contribution in [3.05, 3.63) is 29.8 Å². The van der Waals surface area contributed by atoms with E-state index < -0.39 is 5.60 Å². The highest BCUT2D eigenvalue weighted by molar-refractivity contribution is 5.69. The number of carbonyl (C=O) groups excluding carboxylic acids is 1. The smallest absolute Gasteiger partial charge is 0.308 e. The summed E-state index contributed by atoms with van der Waals surface area (Å²) >= 11 is 0. The lowest BCUT2D eigenvalue weighted by Crippen LogP contribution is -2.24. The molecule has 0 saturated heterocycles. The van der Waals surface area contributed by atoms with Crippen LogP contribution in [0, 0.1) is 0 Å². The number of hydrogen-bond acceptors (Lipinski definition) is 7. The second kappa shape index (κ2) is 14.3. The zero-order valence-corrected chi connectivity index (χ0v) is 17.6. The molecule has 0 aromatic heterocycles. The highest BCUT2D eigenvalue weighted by Gasteiger charge is 2.15. The molecule has 0 radical (unpaired) electrons. The zero-order valence-electron chi connectivity index (χ0n) is 17.6. The minimum absolute atomic E-state index is 0.248. The Balaban J connectivity index is 1.89. The summed E-state index contributed by atoms with van der Waals surface area (Å²) < 4.78 is 27.1. The molecule has 7 heteroatoms. The molecule has 0 aliphatic carbocycles. The Morgan fingerprint density at radius 3 is 2.14 bits per heavy atom. The molecule has 160 valence electrons. The largest absolute Gasteiger partial charge is 0.491 e. The van der Waals surface area contributed by atoms with Gasteiger partial charge in [0.25, 0.3) is 0 Å². The molecule has 0 fully saturated rings. The van der Waals surface area contributed by atoms with Crippen LogP contribution in [0.2, 0.25) is 0 Å². The molecule has 1 aromatic carbocycles. The van der Waals surface area contributed by atoms with Crippen LogP contribution in [0.3, 0.4) is 0 Å². The maximum Gasteiger partial charge on any atom is 0.308 e. The van der Waals surface area contributed by atoms with Crippen LogP contribution in [-0.2, 0) is 30.3 Å². The average molecular weight is 398 g/mol. The van der Waals surface area contributed by atoms with Crippen molar-refractivity contribution in [1.82, 2.24) is 5.32 Å². The minimum Gasteiger partial charge on any atom is -0.491 e. The minimum atomic E-state index is -0.457. The third-order valence-electron chi connectivity index (χ3n) is 3.39. The molecule has 1 N–H and O–H groups in total. The summed E-state index contributed by atoms with van der Waals surface area (Å²) in [5.74, 6) is 0.592. The fourth-order valence-electron chi connectivity index (χ4n) is 2.26. The monoisotopic (exact) mass is 397 g/mol. The fourth-order valence-corrected chi connectivity index (χ4v) is 2.26. The molecule has 0 aliphatic heterocycles. The summed E-state index contributed by atoms with van der Waals surface area (Å²) in [6.07, 6.45) is 0.248. The number of ether oxygens (including phenoxy) is 5. The average Bonchev–Trinajstić information content (AvgIpc) is 2.62. The van der Waals surface area contributed by atoms with E-state index in [4.69, 9.17) is 23.7 Å². The summed E-state index contributed by atoms with van der Waals surface area (Å²) in [6.45, 7) is 9.58. The molecule has 0 heterocycles. The van der Waals surface area contributed by atoms with Crippen LogP contribution >= 0.6 is 0 Å². The Labute approximate surface area is 168 Å². The van der Waals surface area contributed by atoms with Gasteiger partial charge in [0.2, 0.25) is 0 Å². The summed E-state index contributed by atoms with van der Waals surface area (Å²) in [4.78, 5) is 11.5. The first-order valence-corrected chi connectivity index (χ1v) is 9.72. The molecular formula is C21H35NO6. The van der Waals surface area contributed by atoms with E-state index in [0.29, 0.717) is 46.2 Å². The van der Waals surface area contributed by atoms with Crippen LogP contribution in [0.25, 0.3) is 0 Å². The van der Waals surface area contributed by atoms with Crippen LogP contribution < -0.4 is 10.1 Å². The maximum absolute atomic E-state index is 11.5. The van der Waals surface area contributed by atoms with Gasteiger partial charge in [-0.05, 0) is 45.5 Å². The Hall–Kier alpha value is -1.67. The maximum atomic E-state index is 11.5. The second-order valence-corrected chi connectivity index (χ2v) is 7.20. The van der Waals surface area contributed by atoms with Gasteiger partial charge in [0.1, 0.15) is 18.0 Å². The van der Waals surface area contributed by atoms with Crippen molar-refractivity contribution in [3.63, 3.8) is 0 Å². The van der Waals surface area contributed by atoms with Crippen molar-refractivity contribution >= 4 is 5.97 Å². The first-order chi connectivity index (χ1) is 13.4. The summed E-state index contributed by atoms with van der Waals surface area (Å²) in [5.41, 5.74) is 0.726. The number of nitrogens with one attached hydrogen (secondary N) is 1. The van der Waals surface area contributed by atoms with Crippen molar-refractivity contribution in [2.24, 2.45) is 0 Å². The van der Waals surface area contributed by atoms with Gasteiger partial charge in [-0.2, -0.15) is 0 Å². The molecule has 0 bridgehead atoms. The molecule has 1 aromatic rings. The molecule has 0 saturated carbocycles. The summed E-state index contributed by atoms with van der Waals surface area (Å²) in [7, 11) is 1.92. The normalized spacial score (nSPS) is 11.4. The number of hydrogen-bond donors (Lipinski definition) is 1. The molecule has 0 aliphatic rings. The first kappa shape index (κ1) is 24.4. The number of carbonyl (C=O) groups is 1. The van der Waals surface area contributed by atoms with E-state index in [1.54, 1.807) is 0 Å². The van der Waals surface area contributed by atoms with Crippen molar-refractivity contribution in [2.75, 3.05) is 53.3 Å². The van der Waals surface area contributed by atoms with Crippen molar-refractivity contribution < 1.29 is 28.5 Å². The molecule has 1 rings (SSSR count). The van der Waals surface area contributed by atoms with Gasteiger partial charge in [-0.25, -0.2) is 0 Å². The SMILES string of the molecule is CNCc1cccc(OCCOCCOCCOCCC(=O)OC(C)(C)C)c1. The molecule has 0 unspecified atom stereocenters. The van der Waals surface area contributed by atoms with E-state index in [-0.39, 0.29) is 12.4 Å². The highest BCUT2D eigenvalue weighted by Crippen LogP contribution is 2.13. The van der Waals surface area contributed by atoms with Gasteiger partial charge in [0.05, 0.1) is 46.1 Å². The lowest BCUT2D eigenvalue weighted by molar-refractivity contribution is -0.156. The van der Waals surface area contributed by atoms with Gasteiger partial charge < -0.3 is 29.0 Å². The predicted molar refractivity (Wildman–Crippen MR) is 108 cm³/mol. The summed E-state index contributed by atoms with van der Waals surface area (Å²) in [6, 6.07) is 7.98. The molecule has 0 amide bonds. The van der Waals surface area contributed by atoms with Crippen molar-refractivity contribution in [2.45, 2.75) is 39.3 Å². The van der Waals surface area contributed by atoms with E-state index in [1.807, 2.05) is 46.0 Å². The summed E-state index contributed by atoms with van der Waals surface area (Å²) in [5, 5.41) is 3.11. The van der Waals surface area contributed by atoms with Gasteiger partial charge in [0.15, 0.2) is 0 Å². The van der Waals surface area contributed by atoms with Gasteiger partial charge in [-0.1, -0.05) is 12.1 Å². The van der Waals surface area contributed by atoms with E-state index >= 15 is 0 Å². The van der Waals surface area contributed by atoms with Crippen LogP contribution in [0.5, 0.6) is 5.75 Å². The Morgan fingerprint density at radius 2 is 1.54 bits per heavy atom. The van der Waals surface area contributed by atoms with Gasteiger partial charge in [-0.3, -0.25) is 4.79 Å². The van der Waals surface area contributed by atoms with Crippen LogP contribution in [0.15, 0.2) is 24.3 Å². The molecule has 0 spiro atoms. The van der Waals surface area contributed by atoms with E-state index in [9.17, 15) is 4.79 Å². The molecule has 0 atom stereocenters. The van der Waals surface area contributed by atoms with Gasteiger partial charge in [0, 0.05) is 6.54 Å². The molecule has 28 heavy (non-hydrogen) atoms. The van der Waals surface area contributed by atoms with Crippen LogP contribution in [0.1, 0.15) is 32.8 Å². The lowest BCUT2D eigenvalue weighted by Gasteiger charge is -2.19. The number of benzene rings is 1. The van der Waals surface area contributed by atoms with E-state index in [0.717, 1.165) is 12.3 Å². The Bertz CT molecular complexity index is 544. The van der Waals surface area contributed by atoms with Gasteiger partial charge >= 0.3 is 5.97 Å². The number of esters is 1. The van der Waals surface area contributed by atoms with Crippen molar-refractivity contribution in [3.8, 4) is 5.75 Å². The second-order valence-electron chi connectivity index (χ2n) is 7.20. The zero-order chi connectivity index (χ0) is 20.7. The third-order valence-corrected chi connectivity index (χ3v) is 3.39. The van der Waals surface area contributed by atoms with Gasteiger partial charge in [-0.15, -0.1) is 0 Å². The van der Waals surface area contributed by atoms with Crippen LogP contribution in [0.4, 0.5) is 0 Å². The first-order valence-electron chi connectivity index (χ1n) is 9.72. The predicted octanol–water partition coefficient (Wildman–Crippen LogP) is 2.57. The van der Waals surface area contributed by atoms with E-state index in [2.05, 4.69) is 11.4 Å². The van der Waals surface area contributed by atoms with E-state index in [1.165, 1.54) is 5.56 Å². The fraction of sp³-hybridized carbons (Fsp3) is 0.667.